The number of ketones is 1. The molecule has 0 aliphatic heterocycles. The quantitative estimate of drug-likeness (QED) is 0.212. The molecule has 0 heterocycles. The molecule has 0 aliphatic carbocycles. The third kappa shape index (κ3) is 10.0. The van der Waals surface area contributed by atoms with Crippen LogP contribution in [-0.2, 0) is 11.2 Å². The van der Waals surface area contributed by atoms with Gasteiger partial charge < -0.3 is 9.84 Å². The Labute approximate surface area is 204 Å². The van der Waals surface area contributed by atoms with Crippen molar-refractivity contribution in [2.45, 2.75) is 60.3 Å². The molecule has 0 unspecified atom stereocenters. The second-order valence-corrected chi connectivity index (χ2v) is 8.17. The van der Waals surface area contributed by atoms with Crippen LogP contribution in [0, 0.1) is 13.8 Å². The van der Waals surface area contributed by atoms with Crippen LogP contribution in [0.25, 0.3) is 11.1 Å². The van der Waals surface area contributed by atoms with Crippen molar-refractivity contribution in [1.82, 2.24) is 0 Å². The Hall–Kier alpha value is -3.40. The fourth-order valence-electron chi connectivity index (χ4n) is 3.47. The topological polar surface area (TPSA) is 63.6 Å². The number of rotatable bonds is 8. The van der Waals surface area contributed by atoms with Gasteiger partial charge in [0.1, 0.15) is 5.75 Å². The molecule has 182 valence electrons. The van der Waals surface area contributed by atoms with Crippen molar-refractivity contribution >= 4 is 12.3 Å². The van der Waals surface area contributed by atoms with Crippen LogP contribution in [0.15, 0.2) is 66.7 Å². The zero-order valence-electron chi connectivity index (χ0n) is 21.1. The number of unbranched alkanes of at least 4 members (excludes halogenated alkanes) is 1. The van der Waals surface area contributed by atoms with E-state index in [1.165, 1.54) is 34.2 Å². The molecule has 0 fully saturated rings. The molecule has 0 atom stereocenters. The molecule has 0 aromatic heterocycles. The molecule has 0 saturated heterocycles. The van der Waals surface area contributed by atoms with Gasteiger partial charge in [-0.25, -0.2) is 0 Å². The van der Waals surface area contributed by atoms with E-state index >= 15 is 0 Å². The maximum atomic E-state index is 11.5. The average molecular weight is 463 g/mol. The SMILES string of the molecule is CC(=O)c1cccc(CCCCOc2ccc(-c3ccccc3C)c(C)c2)c1.CCC.O=CO. The lowest BCUT2D eigenvalue weighted by Gasteiger charge is -2.12. The van der Waals surface area contributed by atoms with Gasteiger partial charge in [0, 0.05) is 5.56 Å². The van der Waals surface area contributed by atoms with Crippen molar-refractivity contribution in [3.8, 4) is 16.9 Å². The summed E-state index contributed by atoms with van der Waals surface area (Å²) in [4.78, 5) is 19.8. The van der Waals surface area contributed by atoms with Gasteiger partial charge in [-0.2, -0.15) is 0 Å². The molecule has 0 spiro atoms. The fourth-order valence-corrected chi connectivity index (χ4v) is 3.47. The lowest BCUT2D eigenvalue weighted by atomic mass is 9.96. The molecule has 3 rings (SSSR count). The van der Waals surface area contributed by atoms with Crippen LogP contribution in [0.5, 0.6) is 5.75 Å². The van der Waals surface area contributed by atoms with Crippen LogP contribution in [0.4, 0.5) is 0 Å². The van der Waals surface area contributed by atoms with Crippen molar-refractivity contribution in [1.29, 1.82) is 0 Å². The molecule has 0 radical (unpaired) electrons. The molecule has 0 bridgehead atoms. The van der Waals surface area contributed by atoms with E-state index in [4.69, 9.17) is 14.6 Å². The molecule has 0 amide bonds. The van der Waals surface area contributed by atoms with Crippen molar-refractivity contribution in [3.05, 3.63) is 89.0 Å². The maximum absolute atomic E-state index is 11.5. The minimum atomic E-state index is -0.250. The monoisotopic (exact) mass is 462 g/mol. The van der Waals surface area contributed by atoms with E-state index in [9.17, 15) is 4.79 Å². The first kappa shape index (κ1) is 28.6. The minimum absolute atomic E-state index is 0.120. The summed E-state index contributed by atoms with van der Waals surface area (Å²) in [6, 6.07) is 22.7. The predicted molar refractivity (Wildman–Crippen MR) is 141 cm³/mol. The lowest BCUT2D eigenvalue weighted by Crippen LogP contribution is -2.00. The van der Waals surface area contributed by atoms with Gasteiger partial charge in [0.05, 0.1) is 6.61 Å². The smallest absolute Gasteiger partial charge is 0.290 e. The number of aryl methyl sites for hydroxylation is 3. The number of ether oxygens (including phenoxy) is 1. The van der Waals surface area contributed by atoms with Crippen LogP contribution in [0.3, 0.4) is 0 Å². The Bertz CT molecular complexity index is 1020. The highest BCUT2D eigenvalue weighted by molar-refractivity contribution is 5.94. The molecular formula is C30H38O4. The normalized spacial score (nSPS) is 9.68. The van der Waals surface area contributed by atoms with E-state index < -0.39 is 0 Å². The zero-order chi connectivity index (χ0) is 25.3. The third-order valence-corrected chi connectivity index (χ3v) is 5.10. The minimum Gasteiger partial charge on any atom is -0.494 e. The van der Waals surface area contributed by atoms with Gasteiger partial charge in [-0.1, -0.05) is 68.8 Å². The number of carbonyl (C=O) groups is 2. The Balaban J connectivity index is 0.000000872. The predicted octanol–water partition coefficient (Wildman–Crippen LogP) is 7.69. The summed E-state index contributed by atoms with van der Waals surface area (Å²) in [6.07, 6.45) is 4.25. The van der Waals surface area contributed by atoms with Gasteiger partial charge in [-0.05, 0) is 86.1 Å². The van der Waals surface area contributed by atoms with Gasteiger partial charge in [-0.15, -0.1) is 0 Å². The Morgan fingerprint density at radius 3 is 2.15 bits per heavy atom. The summed E-state index contributed by atoms with van der Waals surface area (Å²) in [6.45, 7) is 10.6. The molecule has 4 nitrogen and oxygen atoms in total. The zero-order valence-corrected chi connectivity index (χ0v) is 21.1. The summed E-state index contributed by atoms with van der Waals surface area (Å²) >= 11 is 0. The first-order chi connectivity index (χ1) is 16.4. The van der Waals surface area contributed by atoms with E-state index in [1.54, 1.807) is 6.92 Å². The van der Waals surface area contributed by atoms with Crippen LogP contribution in [-0.4, -0.2) is 24.0 Å². The number of Topliss-reactive ketones (excluding diaryl/α,β-unsaturated/α-hetero) is 1. The van der Waals surface area contributed by atoms with Gasteiger partial charge in [0.2, 0.25) is 0 Å². The maximum Gasteiger partial charge on any atom is 0.290 e. The largest absolute Gasteiger partial charge is 0.494 e. The van der Waals surface area contributed by atoms with Crippen molar-refractivity contribution < 1.29 is 19.4 Å². The van der Waals surface area contributed by atoms with Crippen molar-refractivity contribution in [2.24, 2.45) is 0 Å². The molecule has 3 aromatic rings. The fraction of sp³-hybridized carbons (Fsp3) is 0.333. The second kappa shape index (κ2) is 16.2. The summed E-state index contributed by atoms with van der Waals surface area (Å²) in [5.41, 5.74) is 7.06. The van der Waals surface area contributed by atoms with E-state index in [0.29, 0.717) is 6.61 Å². The molecule has 3 aromatic carbocycles. The van der Waals surface area contributed by atoms with Gasteiger partial charge in [0.25, 0.3) is 6.47 Å². The van der Waals surface area contributed by atoms with E-state index in [2.05, 4.69) is 76.2 Å². The summed E-state index contributed by atoms with van der Waals surface area (Å²) in [7, 11) is 0. The second-order valence-electron chi connectivity index (χ2n) is 8.17. The van der Waals surface area contributed by atoms with E-state index in [0.717, 1.165) is 30.6 Å². The highest BCUT2D eigenvalue weighted by Gasteiger charge is 2.06. The Morgan fingerprint density at radius 1 is 0.882 bits per heavy atom. The summed E-state index contributed by atoms with van der Waals surface area (Å²) < 4.78 is 5.95. The lowest BCUT2D eigenvalue weighted by molar-refractivity contribution is -0.122. The molecule has 4 heteroatoms. The van der Waals surface area contributed by atoms with E-state index in [1.807, 2.05) is 18.2 Å². The Morgan fingerprint density at radius 2 is 1.53 bits per heavy atom. The standard InChI is InChI=1S/C26H28O2.C3H8.CH2O2/c1-19-9-4-5-13-25(19)26-15-14-24(17-20(26)2)28-16-7-6-10-22-11-8-12-23(18-22)21(3)27;1-3-2;2-1-3/h4-5,8-9,11-15,17-18H,6-7,10,16H2,1-3H3;3H2,1-2H3;1H,(H,2,3). The number of hydrogen-bond donors (Lipinski definition) is 1. The molecular weight excluding hydrogens is 424 g/mol. The number of hydrogen-bond acceptors (Lipinski definition) is 3. The number of carbonyl (C=O) groups excluding carboxylic acids is 1. The highest BCUT2D eigenvalue weighted by Crippen LogP contribution is 2.29. The molecule has 0 aliphatic rings. The third-order valence-electron chi connectivity index (χ3n) is 5.10. The summed E-state index contributed by atoms with van der Waals surface area (Å²) in [5.74, 6) is 1.04. The van der Waals surface area contributed by atoms with Crippen LogP contribution in [0.2, 0.25) is 0 Å². The van der Waals surface area contributed by atoms with Gasteiger partial charge in [-0.3, -0.25) is 9.59 Å². The van der Waals surface area contributed by atoms with E-state index in [-0.39, 0.29) is 12.3 Å². The average Bonchev–Trinajstić information content (AvgIpc) is 2.81. The van der Waals surface area contributed by atoms with Crippen LogP contribution >= 0.6 is 0 Å². The highest BCUT2D eigenvalue weighted by atomic mass is 16.5. The van der Waals surface area contributed by atoms with Gasteiger partial charge >= 0.3 is 0 Å². The molecule has 34 heavy (non-hydrogen) atoms. The van der Waals surface area contributed by atoms with Crippen LogP contribution < -0.4 is 4.74 Å². The van der Waals surface area contributed by atoms with Crippen molar-refractivity contribution in [3.63, 3.8) is 0 Å². The van der Waals surface area contributed by atoms with Gasteiger partial charge in [0.15, 0.2) is 5.78 Å². The Kier molecular flexibility index (Phi) is 13.7. The first-order valence-electron chi connectivity index (χ1n) is 11.8. The molecule has 0 saturated carbocycles. The molecule has 1 N–H and O–H groups in total. The van der Waals surface area contributed by atoms with Crippen LogP contribution in [0.1, 0.15) is 67.1 Å². The first-order valence-corrected chi connectivity index (χ1v) is 11.8. The number of carboxylic acid groups (broad SMARTS) is 1. The summed E-state index contributed by atoms with van der Waals surface area (Å²) in [5, 5.41) is 6.89. The number of benzene rings is 3. The van der Waals surface area contributed by atoms with Crippen molar-refractivity contribution in [2.75, 3.05) is 6.61 Å².